The fourth-order valence-electron chi connectivity index (χ4n) is 1.55. The van der Waals surface area contributed by atoms with Gasteiger partial charge >= 0.3 is 0 Å². The summed E-state index contributed by atoms with van der Waals surface area (Å²) >= 11 is 4.74. The maximum absolute atomic E-state index is 12.2. The maximum Gasteiger partial charge on any atom is 0.203 e. The Bertz CT molecular complexity index is 577. The minimum Gasteiger partial charge on any atom is -0.493 e. The van der Waals surface area contributed by atoms with E-state index in [2.05, 4.69) is 15.9 Å². The van der Waals surface area contributed by atoms with E-state index in [9.17, 15) is 4.79 Å². The molecule has 0 unspecified atom stereocenters. The van der Waals surface area contributed by atoms with Crippen LogP contribution in [0.5, 0.6) is 11.5 Å². The first-order valence-corrected chi connectivity index (χ1v) is 6.83. The van der Waals surface area contributed by atoms with Crippen molar-refractivity contribution in [3.63, 3.8) is 0 Å². The van der Waals surface area contributed by atoms with Crippen molar-refractivity contribution >= 4 is 33.0 Å². The van der Waals surface area contributed by atoms with Crippen LogP contribution < -0.4 is 9.47 Å². The van der Waals surface area contributed by atoms with Gasteiger partial charge in [0.05, 0.1) is 19.1 Å². The standard InChI is InChI=1S/C13H11BrO3S/c1-16-10-4-3-8(5-11(10)17-2)13(15)12-6-9(14)7-18-12/h3-7H,1-2H3. The van der Waals surface area contributed by atoms with Crippen LogP contribution in [-0.2, 0) is 0 Å². The highest BCUT2D eigenvalue weighted by Crippen LogP contribution is 2.30. The lowest BCUT2D eigenvalue weighted by Crippen LogP contribution is -2.00. The average Bonchev–Trinajstić information content (AvgIpc) is 2.83. The Morgan fingerprint density at radius 3 is 2.44 bits per heavy atom. The minimum absolute atomic E-state index is 0.0216. The Kier molecular flexibility index (Phi) is 4.04. The average molecular weight is 327 g/mol. The van der Waals surface area contributed by atoms with Gasteiger partial charge in [-0.1, -0.05) is 0 Å². The van der Waals surface area contributed by atoms with Gasteiger partial charge in [0.1, 0.15) is 0 Å². The molecule has 0 amide bonds. The highest BCUT2D eigenvalue weighted by molar-refractivity contribution is 9.10. The predicted octanol–water partition coefficient (Wildman–Crippen LogP) is 3.76. The van der Waals surface area contributed by atoms with Crippen molar-refractivity contribution in [3.05, 3.63) is 44.6 Å². The molecule has 0 fully saturated rings. The summed E-state index contributed by atoms with van der Waals surface area (Å²) in [6.45, 7) is 0. The molecular weight excluding hydrogens is 316 g/mol. The lowest BCUT2D eigenvalue weighted by Gasteiger charge is -2.08. The van der Waals surface area contributed by atoms with Crippen molar-refractivity contribution < 1.29 is 14.3 Å². The third-order valence-electron chi connectivity index (χ3n) is 2.44. The zero-order valence-corrected chi connectivity index (χ0v) is 12.3. The predicted molar refractivity (Wildman–Crippen MR) is 75.0 cm³/mol. The van der Waals surface area contributed by atoms with Crippen LogP contribution in [0.3, 0.4) is 0 Å². The Labute approximate surface area is 117 Å². The third kappa shape index (κ3) is 2.57. The van der Waals surface area contributed by atoms with Crippen LogP contribution in [0.15, 0.2) is 34.1 Å². The second-order valence-electron chi connectivity index (χ2n) is 3.53. The van der Waals surface area contributed by atoms with Crippen molar-refractivity contribution in [2.75, 3.05) is 14.2 Å². The number of halogens is 1. The second kappa shape index (κ2) is 5.54. The van der Waals surface area contributed by atoms with Gasteiger partial charge in [0.15, 0.2) is 11.5 Å². The first-order valence-electron chi connectivity index (χ1n) is 5.16. The molecular formula is C13H11BrO3S. The van der Waals surface area contributed by atoms with Crippen LogP contribution in [0.2, 0.25) is 0 Å². The summed E-state index contributed by atoms with van der Waals surface area (Å²) in [4.78, 5) is 12.9. The number of thiophene rings is 1. The van der Waals surface area contributed by atoms with Gasteiger partial charge < -0.3 is 9.47 Å². The molecule has 0 atom stereocenters. The molecule has 0 saturated heterocycles. The first kappa shape index (κ1) is 13.1. The summed E-state index contributed by atoms with van der Waals surface area (Å²) in [5.41, 5.74) is 0.585. The number of carbonyl (C=O) groups is 1. The molecule has 0 radical (unpaired) electrons. The minimum atomic E-state index is -0.0216. The molecule has 0 N–H and O–H groups in total. The van der Waals surface area contributed by atoms with E-state index in [4.69, 9.17) is 9.47 Å². The molecule has 3 nitrogen and oxygen atoms in total. The lowest BCUT2D eigenvalue weighted by molar-refractivity contribution is 0.104. The summed E-state index contributed by atoms with van der Waals surface area (Å²) in [5.74, 6) is 1.15. The van der Waals surface area contributed by atoms with Crippen molar-refractivity contribution in [2.24, 2.45) is 0 Å². The number of hydrogen-bond donors (Lipinski definition) is 0. The zero-order valence-electron chi connectivity index (χ0n) is 9.90. The van der Waals surface area contributed by atoms with Crippen LogP contribution in [0.25, 0.3) is 0 Å². The van der Waals surface area contributed by atoms with Gasteiger partial charge in [-0.25, -0.2) is 0 Å². The number of rotatable bonds is 4. The number of methoxy groups -OCH3 is 2. The summed E-state index contributed by atoms with van der Waals surface area (Å²) in [6.07, 6.45) is 0. The second-order valence-corrected chi connectivity index (χ2v) is 5.35. The van der Waals surface area contributed by atoms with E-state index in [1.165, 1.54) is 11.3 Å². The molecule has 0 aliphatic rings. The van der Waals surface area contributed by atoms with Crippen molar-refractivity contribution in [2.45, 2.75) is 0 Å². The highest BCUT2D eigenvalue weighted by atomic mass is 79.9. The van der Waals surface area contributed by atoms with Gasteiger partial charge in [-0.2, -0.15) is 0 Å². The third-order valence-corrected chi connectivity index (χ3v) is 4.13. The fraction of sp³-hybridized carbons (Fsp3) is 0.154. The van der Waals surface area contributed by atoms with Gasteiger partial charge in [0, 0.05) is 15.4 Å². The lowest BCUT2D eigenvalue weighted by atomic mass is 10.1. The summed E-state index contributed by atoms with van der Waals surface area (Å²) in [7, 11) is 3.11. The molecule has 2 aromatic rings. The number of carbonyl (C=O) groups excluding carboxylic acids is 1. The normalized spacial score (nSPS) is 10.2. The molecule has 0 spiro atoms. The quantitative estimate of drug-likeness (QED) is 0.802. The number of ether oxygens (including phenoxy) is 2. The highest BCUT2D eigenvalue weighted by Gasteiger charge is 2.14. The van der Waals surface area contributed by atoms with Crippen molar-refractivity contribution in [3.8, 4) is 11.5 Å². The Balaban J connectivity index is 2.36. The molecule has 18 heavy (non-hydrogen) atoms. The summed E-state index contributed by atoms with van der Waals surface area (Å²) in [6, 6.07) is 6.96. The van der Waals surface area contributed by atoms with E-state index in [1.807, 2.05) is 11.4 Å². The molecule has 2 rings (SSSR count). The van der Waals surface area contributed by atoms with Gasteiger partial charge in [-0.05, 0) is 40.2 Å². The molecule has 1 aromatic carbocycles. The summed E-state index contributed by atoms with van der Waals surface area (Å²) in [5, 5.41) is 1.88. The Morgan fingerprint density at radius 1 is 1.17 bits per heavy atom. The largest absolute Gasteiger partial charge is 0.493 e. The van der Waals surface area contributed by atoms with Crippen molar-refractivity contribution in [1.82, 2.24) is 0 Å². The molecule has 94 valence electrons. The van der Waals surface area contributed by atoms with E-state index in [1.54, 1.807) is 32.4 Å². The van der Waals surface area contributed by atoms with E-state index < -0.39 is 0 Å². The van der Waals surface area contributed by atoms with Crippen LogP contribution in [-0.4, -0.2) is 20.0 Å². The molecule has 0 saturated carbocycles. The zero-order chi connectivity index (χ0) is 13.1. The topological polar surface area (TPSA) is 35.5 Å². The SMILES string of the molecule is COc1ccc(C(=O)c2cc(Br)cs2)cc1OC. The maximum atomic E-state index is 12.2. The van der Waals surface area contributed by atoms with Crippen LogP contribution in [0, 0.1) is 0 Å². The molecule has 1 aromatic heterocycles. The molecule has 0 aliphatic heterocycles. The Hall–Kier alpha value is -1.33. The van der Waals surface area contributed by atoms with Crippen molar-refractivity contribution in [1.29, 1.82) is 0 Å². The summed E-state index contributed by atoms with van der Waals surface area (Å²) < 4.78 is 11.2. The van der Waals surface area contributed by atoms with Gasteiger partial charge in [-0.3, -0.25) is 4.79 Å². The fourth-order valence-corrected chi connectivity index (χ4v) is 2.94. The van der Waals surface area contributed by atoms with Gasteiger partial charge in [0.2, 0.25) is 5.78 Å². The molecule has 0 bridgehead atoms. The number of ketones is 1. The van der Waals surface area contributed by atoms with E-state index in [0.29, 0.717) is 21.9 Å². The smallest absolute Gasteiger partial charge is 0.203 e. The Morgan fingerprint density at radius 2 is 1.89 bits per heavy atom. The number of hydrogen-bond acceptors (Lipinski definition) is 4. The van der Waals surface area contributed by atoms with Gasteiger partial charge in [-0.15, -0.1) is 11.3 Å². The molecule has 1 heterocycles. The van der Waals surface area contributed by atoms with Crippen LogP contribution >= 0.6 is 27.3 Å². The van der Waals surface area contributed by atoms with Crippen LogP contribution in [0.1, 0.15) is 15.2 Å². The van der Waals surface area contributed by atoms with Crippen LogP contribution in [0.4, 0.5) is 0 Å². The van der Waals surface area contributed by atoms with Gasteiger partial charge in [0.25, 0.3) is 0 Å². The first-order chi connectivity index (χ1) is 8.65. The monoisotopic (exact) mass is 326 g/mol. The molecule has 0 aliphatic carbocycles. The van der Waals surface area contributed by atoms with E-state index in [0.717, 1.165) is 4.47 Å². The van der Waals surface area contributed by atoms with E-state index >= 15 is 0 Å². The number of benzene rings is 1. The molecule has 5 heteroatoms. The van der Waals surface area contributed by atoms with E-state index in [-0.39, 0.29) is 5.78 Å².